The molecule has 0 radical (unpaired) electrons. The third kappa shape index (κ3) is 4.50. The van der Waals surface area contributed by atoms with E-state index in [4.69, 9.17) is 4.74 Å². The van der Waals surface area contributed by atoms with Gasteiger partial charge in [0.1, 0.15) is 0 Å². The number of nitrogens with zero attached hydrogens (tertiary/aromatic N) is 3. The van der Waals surface area contributed by atoms with Gasteiger partial charge in [-0.3, -0.25) is 9.69 Å². The predicted octanol–water partition coefficient (Wildman–Crippen LogP) is 0.397. The highest BCUT2D eigenvalue weighted by Gasteiger charge is 2.58. The van der Waals surface area contributed by atoms with E-state index < -0.39 is 29.9 Å². The van der Waals surface area contributed by atoms with Gasteiger partial charge in [0.25, 0.3) is 0 Å². The molecule has 0 aliphatic carbocycles. The maximum Gasteiger partial charge on any atom is 0.425 e. The third-order valence-corrected chi connectivity index (χ3v) is 4.34. The van der Waals surface area contributed by atoms with Crippen LogP contribution in [0.2, 0.25) is 0 Å². The molecule has 2 atom stereocenters. The van der Waals surface area contributed by atoms with Crippen LogP contribution in [0.5, 0.6) is 0 Å². The number of hydrogen-bond acceptors (Lipinski definition) is 5. The molecule has 1 aliphatic heterocycles. The molecule has 10 heteroatoms. The second-order valence-electron chi connectivity index (χ2n) is 6.20. The lowest BCUT2D eigenvalue weighted by molar-refractivity contribution is -0.271. The summed E-state index contributed by atoms with van der Waals surface area (Å²) >= 11 is 0. The van der Waals surface area contributed by atoms with Gasteiger partial charge in [0.15, 0.2) is 5.82 Å². The fourth-order valence-corrected chi connectivity index (χ4v) is 2.77. The minimum Gasteiger partial charge on any atom is -0.379 e. The molecule has 142 valence electrons. The van der Waals surface area contributed by atoms with Gasteiger partial charge in [-0.25, -0.2) is 4.98 Å². The summed E-state index contributed by atoms with van der Waals surface area (Å²) in [6.07, 6.45) is -3.74. The van der Waals surface area contributed by atoms with Crippen molar-refractivity contribution in [2.24, 2.45) is 7.05 Å². The number of aliphatic hydroxyl groups is 1. The van der Waals surface area contributed by atoms with E-state index >= 15 is 0 Å². The normalized spacial score (nSPS) is 20.1. The highest BCUT2D eigenvalue weighted by atomic mass is 19.4. The molecule has 2 rings (SSSR count). The fraction of sp³-hybridized carbons (Fsp3) is 0.733. The van der Waals surface area contributed by atoms with Crippen LogP contribution in [0.3, 0.4) is 0 Å². The summed E-state index contributed by atoms with van der Waals surface area (Å²) < 4.78 is 46.5. The Balaban J connectivity index is 1.99. The molecule has 1 amide bonds. The van der Waals surface area contributed by atoms with Gasteiger partial charge < -0.3 is 19.7 Å². The summed E-state index contributed by atoms with van der Waals surface area (Å²) in [6, 6.07) is -0.0417. The first kappa shape index (κ1) is 19.7. The van der Waals surface area contributed by atoms with Gasteiger partial charge in [-0.1, -0.05) is 0 Å². The van der Waals surface area contributed by atoms with Crippen molar-refractivity contribution in [1.29, 1.82) is 0 Å². The Kier molecular flexibility index (Phi) is 6.07. The fourth-order valence-electron chi connectivity index (χ4n) is 2.77. The van der Waals surface area contributed by atoms with Crippen molar-refractivity contribution in [3.63, 3.8) is 0 Å². The monoisotopic (exact) mass is 364 g/mol. The van der Waals surface area contributed by atoms with Crippen molar-refractivity contribution in [2.75, 3.05) is 32.8 Å². The number of alkyl halides is 3. The Morgan fingerprint density at radius 2 is 2.08 bits per heavy atom. The van der Waals surface area contributed by atoms with Crippen LogP contribution in [0.25, 0.3) is 0 Å². The van der Waals surface area contributed by atoms with E-state index in [2.05, 4.69) is 15.2 Å². The van der Waals surface area contributed by atoms with Crippen molar-refractivity contribution in [3.8, 4) is 0 Å². The van der Waals surface area contributed by atoms with Crippen molar-refractivity contribution >= 4 is 5.91 Å². The minimum absolute atomic E-state index is 0.0417. The van der Waals surface area contributed by atoms with Crippen LogP contribution in [0.4, 0.5) is 13.2 Å². The van der Waals surface area contributed by atoms with Crippen molar-refractivity contribution in [2.45, 2.75) is 31.2 Å². The predicted molar refractivity (Wildman–Crippen MR) is 82.6 cm³/mol. The first-order valence-electron chi connectivity index (χ1n) is 8.00. The Morgan fingerprint density at radius 1 is 1.44 bits per heavy atom. The zero-order valence-electron chi connectivity index (χ0n) is 14.2. The van der Waals surface area contributed by atoms with E-state index in [-0.39, 0.29) is 12.6 Å². The van der Waals surface area contributed by atoms with Crippen LogP contribution in [0, 0.1) is 0 Å². The van der Waals surface area contributed by atoms with E-state index in [1.165, 1.54) is 13.2 Å². The summed E-state index contributed by atoms with van der Waals surface area (Å²) in [5.74, 6) is -1.50. The molecule has 0 saturated carbocycles. The highest BCUT2D eigenvalue weighted by Crippen LogP contribution is 2.40. The maximum atomic E-state index is 13.4. The molecular weight excluding hydrogens is 341 g/mol. The SMILES string of the molecule is CC(CNC(=O)CC(O)(c1nccn1C)C(F)(F)F)N1CCOCC1. The number of aryl methyl sites for hydroxylation is 1. The van der Waals surface area contributed by atoms with Crippen LogP contribution in [0.15, 0.2) is 12.4 Å². The number of imidazole rings is 1. The van der Waals surface area contributed by atoms with E-state index in [9.17, 15) is 23.1 Å². The molecular formula is C15H23F3N4O3. The molecule has 1 aliphatic rings. The molecule has 1 fully saturated rings. The zero-order chi connectivity index (χ0) is 18.7. The lowest BCUT2D eigenvalue weighted by atomic mass is 9.97. The summed E-state index contributed by atoms with van der Waals surface area (Å²) in [5, 5.41) is 12.6. The number of hydrogen-bond donors (Lipinski definition) is 2. The molecule has 0 spiro atoms. The number of amides is 1. The number of carbonyl (C=O) groups is 1. The van der Waals surface area contributed by atoms with Gasteiger partial charge in [0.2, 0.25) is 11.5 Å². The number of carbonyl (C=O) groups excluding carboxylic acids is 1. The molecule has 2 unspecified atom stereocenters. The van der Waals surface area contributed by atoms with E-state index in [0.29, 0.717) is 26.3 Å². The van der Waals surface area contributed by atoms with Crippen LogP contribution >= 0.6 is 0 Å². The molecule has 1 aromatic rings. The van der Waals surface area contributed by atoms with Gasteiger partial charge in [0.05, 0.1) is 19.6 Å². The molecule has 0 aromatic carbocycles. The van der Waals surface area contributed by atoms with Gasteiger partial charge in [-0.05, 0) is 6.92 Å². The number of nitrogens with one attached hydrogen (secondary N) is 1. The minimum atomic E-state index is -5.03. The largest absolute Gasteiger partial charge is 0.425 e. The molecule has 1 aromatic heterocycles. The first-order valence-corrected chi connectivity index (χ1v) is 8.00. The first-order chi connectivity index (χ1) is 11.6. The number of morpholine rings is 1. The van der Waals surface area contributed by atoms with Crippen molar-refractivity contribution in [3.05, 3.63) is 18.2 Å². The average Bonchev–Trinajstić information content (AvgIpc) is 2.99. The van der Waals surface area contributed by atoms with Gasteiger partial charge in [-0.2, -0.15) is 13.2 Å². The van der Waals surface area contributed by atoms with E-state index in [1.54, 1.807) is 0 Å². The van der Waals surface area contributed by atoms with Gasteiger partial charge in [-0.15, -0.1) is 0 Å². The Labute approximate surface area is 143 Å². The summed E-state index contributed by atoms with van der Waals surface area (Å²) in [5.41, 5.74) is -3.34. The Hall–Kier alpha value is -1.65. The maximum absolute atomic E-state index is 13.4. The highest BCUT2D eigenvalue weighted by molar-refractivity contribution is 5.77. The smallest absolute Gasteiger partial charge is 0.379 e. The summed E-state index contributed by atoms with van der Waals surface area (Å²) in [7, 11) is 1.33. The lowest BCUT2D eigenvalue weighted by Crippen LogP contribution is -2.50. The standard InChI is InChI=1S/C15H23F3N4O3/c1-11(22-5-7-25-8-6-22)10-20-12(23)9-14(24,15(16,17)18)13-19-3-4-21(13)2/h3-4,11,24H,5-10H2,1-2H3,(H,20,23). The van der Waals surface area contributed by atoms with Crippen LogP contribution in [0.1, 0.15) is 19.2 Å². The van der Waals surface area contributed by atoms with Crippen LogP contribution < -0.4 is 5.32 Å². The summed E-state index contributed by atoms with van der Waals surface area (Å²) in [4.78, 5) is 17.7. The number of ether oxygens (including phenoxy) is 1. The molecule has 2 heterocycles. The lowest BCUT2D eigenvalue weighted by Gasteiger charge is -2.33. The average molecular weight is 364 g/mol. The van der Waals surface area contributed by atoms with E-state index in [0.717, 1.165) is 10.8 Å². The second-order valence-corrected chi connectivity index (χ2v) is 6.20. The van der Waals surface area contributed by atoms with Crippen LogP contribution in [-0.2, 0) is 22.2 Å². The topological polar surface area (TPSA) is 79.6 Å². The molecule has 0 bridgehead atoms. The Morgan fingerprint density at radius 3 is 2.60 bits per heavy atom. The summed E-state index contributed by atoms with van der Waals surface area (Å²) in [6.45, 7) is 4.65. The number of aromatic nitrogens is 2. The molecule has 1 saturated heterocycles. The third-order valence-electron chi connectivity index (χ3n) is 4.34. The molecule has 25 heavy (non-hydrogen) atoms. The van der Waals surface area contributed by atoms with Gasteiger partial charge in [0, 0.05) is 45.1 Å². The Bertz CT molecular complexity index is 587. The van der Waals surface area contributed by atoms with Crippen molar-refractivity contribution < 1.29 is 27.8 Å². The zero-order valence-corrected chi connectivity index (χ0v) is 14.2. The second kappa shape index (κ2) is 7.71. The number of halogens is 3. The van der Waals surface area contributed by atoms with E-state index in [1.807, 2.05) is 6.92 Å². The quantitative estimate of drug-likeness (QED) is 0.764. The van der Waals surface area contributed by atoms with Crippen molar-refractivity contribution in [1.82, 2.24) is 19.8 Å². The van der Waals surface area contributed by atoms with Gasteiger partial charge >= 0.3 is 6.18 Å². The molecule has 2 N–H and O–H groups in total. The van der Waals surface area contributed by atoms with Crippen LogP contribution in [-0.4, -0.2) is 70.5 Å². The number of rotatable bonds is 6. The molecule has 7 nitrogen and oxygen atoms in total.